The molecule has 0 atom stereocenters. The van der Waals surface area contributed by atoms with Crippen molar-refractivity contribution in [1.29, 1.82) is 0 Å². The molecule has 148 valence electrons. The van der Waals surface area contributed by atoms with Crippen LogP contribution >= 0.6 is 11.3 Å². The number of hydrogen-bond acceptors (Lipinski definition) is 9. The zero-order chi connectivity index (χ0) is 19.8. The van der Waals surface area contributed by atoms with Gasteiger partial charge in [-0.05, 0) is 24.7 Å². The molecule has 2 N–H and O–H groups in total. The standard InChI is InChI=1S/C16H19N7O4S/c1-2-27-15(24)11-12(17)22(9-18-11)10-3-5-20(6-4-10)13-14(23(25)26)21-7-8-28-16(21)19-13/h7-10H,2-6,17H2,1H3. The lowest BCUT2D eigenvalue weighted by Gasteiger charge is -2.32. The molecule has 1 aliphatic heterocycles. The first-order chi connectivity index (χ1) is 13.5. The van der Waals surface area contributed by atoms with Crippen LogP contribution in [0.25, 0.3) is 4.96 Å². The summed E-state index contributed by atoms with van der Waals surface area (Å²) in [6.45, 7) is 3.15. The van der Waals surface area contributed by atoms with Crippen molar-refractivity contribution in [3.8, 4) is 0 Å². The number of ether oxygens (including phenoxy) is 1. The number of nitro groups is 1. The number of nitrogen functional groups attached to an aromatic ring is 1. The van der Waals surface area contributed by atoms with Gasteiger partial charge in [0, 0.05) is 24.5 Å². The predicted octanol–water partition coefficient (Wildman–Crippen LogP) is 2.10. The summed E-state index contributed by atoms with van der Waals surface area (Å²) in [6, 6.07) is 0.0507. The lowest BCUT2D eigenvalue weighted by atomic mass is 10.0. The summed E-state index contributed by atoms with van der Waals surface area (Å²) in [6.07, 6.45) is 4.61. The van der Waals surface area contributed by atoms with Crippen molar-refractivity contribution in [3.05, 3.63) is 33.7 Å². The first-order valence-electron chi connectivity index (χ1n) is 8.85. The van der Waals surface area contributed by atoms with Gasteiger partial charge in [0.25, 0.3) is 4.96 Å². The van der Waals surface area contributed by atoms with E-state index in [1.807, 2.05) is 4.90 Å². The Balaban J connectivity index is 1.52. The van der Waals surface area contributed by atoms with E-state index in [2.05, 4.69) is 9.97 Å². The normalized spacial score (nSPS) is 15.2. The highest BCUT2D eigenvalue weighted by Gasteiger charge is 2.32. The lowest BCUT2D eigenvalue weighted by molar-refractivity contribution is -0.389. The van der Waals surface area contributed by atoms with Gasteiger partial charge in [0.1, 0.15) is 12.0 Å². The van der Waals surface area contributed by atoms with E-state index >= 15 is 0 Å². The van der Waals surface area contributed by atoms with Gasteiger partial charge in [0.15, 0.2) is 5.69 Å². The largest absolute Gasteiger partial charge is 0.461 e. The van der Waals surface area contributed by atoms with E-state index in [-0.39, 0.29) is 30.0 Å². The predicted molar refractivity (Wildman–Crippen MR) is 103 cm³/mol. The number of nitrogens with two attached hydrogens (primary N) is 1. The summed E-state index contributed by atoms with van der Waals surface area (Å²) in [5.41, 5.74) is 6.21. The third-order valence-electron chi connectivity index (χ3n) is 4.85. The highest BCUT2D eigenvalue weighted by atomic mass is 32.1. The molecule has 12 heteroatoms. The maximum absolute atomic E-state index is 11.9. The van der Waals surface area contributed by atoms with Crippen LogP contribution < -0.4 is 10.6 Å². The Morgan fingerprint density at radius 3 is 2.89 bits per heavy atom. The van der Waals surface area contributed by atoms with Crippen molar-refractivity contribution in [2.45, 2.75) is 25.8 Å². The average Bonchev–Trinajstić information content (AvgIpc) is 3.35. The molecule has 0 amide bonds. The van der Waals surface area contributed by atoms with Crippen LogP contribution in [0.2, 0.25) is 0 Å². The van der Waals surface area contributed by atoms with Crippen LogP contribution in [0.15, 0.2) is 17.9 Å². The number of esters is 1. The third kappa shape index (κ3) is 2.95. The Morgan fingerprint density at radius 1 is 1.46 bits per heavy atom. The van der Waals surface area contributed by atoms with Gasteiger partial charge in [-0.1, -0.05) is 11.3 Å². The number of fused-ring (bicyclic) bond motifs is 1. The number of rotatable bonds is 5. The van der Waals surface area contributed by atoms with Crippen molar-refractivity contribution in [2.24, 2.45) is 0 Å². The highest BCUT2D eigenvalue weighted by Crippen LogP contribution is 2.35. The van der Waals surface area contributed by atoms with Crippen LogP contribution in [0, 0.1) is 10.1 Å². The maximum atomic E-state index is 11.9. The monoisotopic (exact) mass is 405 g/mol. The van der Waals surface area contributed by atoms with Crippen molar-refractivity contribution in [3.63, 3.8) is 0 Å². The van der Waals surface area contributed by atoms with Crippen LogP contribution in [0.5, 0.6) is 0 Å². The summed E-state index contributed by atoms with van der Waals surface area (Å²) >= 11 is 1.36. The highest BCUT2D eigenvalue weighted by molar-refractivity contribution is 7.15. The molecular formula is C16H19N7O4S. The first-order valence-corrected chi connectivity index (χ1v) is 9.73. The van der Waals surface area contributed by atoms with E-state index in [1.54, 1.807) is 29.4 Å². The topological polar surface area (TPSA) is 134 Å². The minimum atomic E-state index is -0.537. The summed E-state index contributed by atoms with van der Waals surface area (Å²) < 4.78 is 8.25. The smallest absolute Gasteiger partial charge is 0.373 e. The SMILES string of the molecule is CCOC(=O)c1ncn(C2CCN(c3nc4sccn4c3[N+](=O)[O-])CC2)c1N. The molecule has 0 aliphatic carbocycles. The summed E-state index contributed by atoms with van der Waals surface area (Å²) in [5, 5.41) is 13.3. The molecule has 1 aliphatic rings. The van der Waals surface area contributed by atoms with Gasteiger partial charge in [0.2, 0.25) is 5.82 Å². The molecule has 0 saturated carbocycles. The number of piperidine rings is 1. The van der Waals surface area contributed by atoms with Gasteiger partial charge in [-0.25, -0.2) is 9.78 Å². The summed E-state index contributed by atoms with van der Waals surface area (Å²) in [5.74, 6) is 0.123. The van der Waals surface area contributed by atoms with Crippen LogP contribution in [0.4, 0.5) is 17.5 Å². The van der Waals surface area contributed by atoms with Crippen LogP contribution in [-0.2, 0) is 4.74 Å². The Morgan fingerprint density at radius 2 is 2.21 bits per heavy atom. The van der Waals surface area contributed by atoms with Gasteiger partial charge in [0.05, 0.1) is 12.9 Å². The van der Waals surface area contributed by atoms with E-state index < -0.39 is 10.9 Å². The molecule has 0 bridgehead atoms. The molecule has 1 fully saturated rings. The minimum absolute atomic E-state index is 0.0126. The number of hydrogen-bond donors (Lipinski definition) is 1. The minimum Gasteiger partial charge on any atom is -0.461 e. The number of carbonyl (C=O) groups is 1. The number of carbonyl (C=O) groups excluding carboxylic acids is 1. The Kier molecular flexibility index (Phi) is 4.63. The number of thiazole rings is 1. The molecule has 0 radical (unpaired) electrons. The van der Waals surface area contributed by atoms with Gasteiger partial charge >= 0.3 is 11.8 Å². The van der Waals surface area contributed by atoms with Crippen LogP contribution in [0.3, 0.4) is 0 Å². The molecular weight excluding hydrogens is 386 g/mol. The zero-order valence-corrected chi connectivity index (χ0v) is 16.0. The average molecular weight is 405 g/mol. The van der Waals surface area contributed by atoms with E-state index in [4.69, 9.17) is 10.5 Å². The summed E-state index contributed by atoms with van der Waals surface area (Å²) in [4.78, 5) is 34.1. The van der Waals surface area contributed by atoms with E-state index in [0.29, 0.717) is 36.7 Å². The zero-order valence-electron chi connectivity index (χ0n) is 15.1. The van der Waals surface area contributed by atoms with E-state index in [0.717, 1.165) is 0 Å². The van der Waals surface area contributed by atoms with E-state index in [1.165, 1.54) is 15.7 Å². The molecule has 0 unspecified atom stereocenters. The van der Waals surface area contributed by atoms with Crippen molar-refractivity contribution in [1.82, 2.24) is 18.9 Å². The number of imidazole rings is 2. The van der Waals surface area contributed by atoms with Crippen LogP contribution in [-0.4, -0.2) is 49.5 Å². The second-order valence-corrected chi connectivity index (χ2v) is 7.27. The molecule has 0 aromatic carbocycles. The molecule has 4 rings (SSSR count). The van der Waals surface area contributed by atoms with Crippen molar-refractivity contribution < 1.29 is 14.5 Å². The second kappa shape index (κ2) is 7.11. The molecule has 4 heterocycles. The van der Waals surface area contributed by atoms with Gasteiger partial charge in [-0.15, -0.1) is 0 Å². The molecule has 3 aromatic heterocycles. The first kappa shape index (κ1) is 18.2. The fourth-order valence-electron chi connectivity index (χ4n) is 3.52. The molecule has 1 saturated heterocycles. The molecule has 28 heavy (non-hydrogen) atoms. The fourth-order valence-corrected chi connectivity index (χ4v) is 4.22. The van der Waals surface area contributed by atoms with Crippen molar-refractivity contribution >= 4 is 39.7 Å². The number of aromatic nitrogens is 4. The van der Waals surface area contributed by atoms with Gasteiger partial charge < -0.3 is 30.1 Å². The molecule has 11 nitrogen and oxygen atoms in total. The Bertz CT molecular complexity index is 1030. The van der Waals surface area contributed by atoms with Crippen molar-refractivity contribution in [2.75, 3.05) is 30.3 Å². The van der Waals surface area contributed by atoms with Gasteiger partial charge in [-0.2, -0.15) is 9.38 Å². The fraction of sp³-hybridized carbons (Fsp3) is 0.438. The molecule has 3 aromatic rings. The third-order valence-corrected chi connectivity index (χ3v) is 5.61. The summed E-state index contributed by atoms with van der Waals surface area (Å²) in [7, 11) is 0. The Labute approximate surface area is 163 Å². The number of anilines is 2. The van der Waals surface area contributed by atoms with Gasteiger partial charge in [-0.3, -0.25) is 0 Å². The number of nitrogens with zero attached hydrogens (tertiary/aromatic N) is 6. The quantitative estimate of drug-likeness (QED) is 0.387. The molecule has 0 spiro atoms. The second-order valence-electron chi connectivity index (χ2n) is 6.40. The van der Waals surface area contributed by atoms with Crippen LogP contribution in [0.1, 0.15) is 36.3 Å². The maximum Gasteiger partial charge on any atom is 0.373 e. The van der Waals surface area contributed by atoms with E-state index in [9.17, 15) is 14.9 Å². The lowest BCUT2D eigenvalue weighted by Crippen LogP contribution is -2.35. The Hall–Kier alpha value is -3.15.